The van der Waals surface area contributed by atoms with Gasteiger partial charge in [0, 0.05) is 23.6 Å². The monoisotopic (exact) mass is 223 g/mol. The Hall–Kier alpha value is -1.49. The average Bonchev–Trinajstić information content (AvgIpc) is 2.68. The zero-order chi connectivity index (χ0) is 10.7. The fourth-order valence-electron chi connectivity index (χ4n) is 1.16. The van der Waals surface area contributed by atoms with Crippen LogP contribution in [-0.4, -0.2) is 15.9 Å². The number of halogens is 1. The molecule has 0 saturated carbocycles. The Labute approximate surface area is 91.2 Å². The molecule has 3 nitrogen and oxygen atoms in total. The van der Waals surface area contributed by atoms with E-state index < -0.39 is 0 Å². The molecule has 0 aliphatic rings. The summed E-state index contributed by atoms with van der Waals surface area (Å²) in [7, 11) is 0. The van der Waals surface area contributed by atoms with Gasteiger partial charge in [-0.3, -0.25) is 0 Å². The first-order chi connectivity index (χ1) is 7.29. The van der Waals surface area contributed by atoms with E-state index >= 15 is 0 Å². The largest absolute Gasteiger partial charge is 0.361 e. The van der Waals surface area contributed by atoms with E-state index in [1.165, 1.54) is 23.7 Å². The van der Waals surface area contributed by atoms with Crippen molar-refractivity contribution < 1.29 is 4.39 Å². The minimum atomic E-state index is -0.249. The summed E-state index contributed by atoms with van der Waals surface area (Å²) in [4.78, 5) is 4.27. The van der Waals surface area contributed by atoms with E-state index in [4.69, 9.17) is 0 Å². The van der Waals surface area contributed by atoms with Gasteiger partial charge in [-0.1, -0.05) is 0 Å². The third kappa shape index (κ3) is 2.30. The van der Waals surface area contributed by atoms with Crippen LogP contribution in [0.5, 0.6) is 0 Å². The summed E-state index contributed by atoms with van der Waals surface area (Å²) in [6.45, 7) is 2.82. The minimum absolute atomic E-state index is 0.249. The molecule has 0 amide bonds. The lowest BCUT2D eigenvalue weighted by Crippen LogP contribution is -1.94. The molecule has 0 saturated heterocycles. The Morgan fingerprint density at radius 1 is 1.33 bits per heavy atom. The number of benzene rings is 1. The topological polar surface area (TPSA) is 37.8 Å². The van der Waals surface area contributed by atoms with Crippen molar-refractivity contribution in [2.24, 2.45) is 0 Å². The summed E-state index contributed by atoms with van der Waals surface area (Å²) < 4.78 is 16.9. The number of nitrogens with one attached hydrogen (secondary N) is 1. The number of hydrogen-bond acceptors (Lipinski definition) is 4. The van der Waals surface area contributed by atoms with Crippen molar-refractivity contribution in [2.45, 2.75) is 6.92 Å². The van der Waals surface area contributed by atoms with Crippen molar-refractivity contribution in [3.63, 3.8) is 0 Å². The van der Waals surface area contributed by atoms with E-state index in [0.717, 1.165) is 17.2 Å². The Balaban J connectivity index is 2.25. The summed E-state index contributed by atoms with van der Waals surface area (Å²) in [6.07, 6.45) is 0. The Bertz CT molecular complexity index is 438. The van der Waals surface area contributed by atoms with Crippen LogP contribution in [0.3, 0.4) is 0 Å². The van der Waals surface area contributed by atoms with Gasteiger partial charge in [0.2, 0.25) is 5.13 Å². The van der Waals surface area contributed by atoms with E-state index in [1.807, 2.05) is 6.92 Å². The first-order valence-corrected chi connectivity index (χ1v) is 5.40. The van der Waals surface area contributed by atoms with E-state index in [9.17, 15) is 4.39 Å². The average molecular weight is 223 g/mol. The fraction of sp³-hybridized carbons (Fsp3) is 0.200. The molecule has 2 aromatic rings. The van der Waals surface area contributed by atoms with Gasteiger partial charge in [0.05, 0.1) is 0 Å². The maximum atomic E-state index is 12.7. The van der Waals surface area contributed by atoms with Gasteiger partial charge < -0.3 is 5.32 Å². The maximum absolute atomic E-state index is 12.7. The predicted molar refractivity (Wildman–Crippen MR) is 59.5 cm³/mol. The highest BCUT2D eigenvalue weighted by Crippen LogP contribution is 2.20. The Morgan fingerprint density at radius 3 is 2.73 bits per heavy atom. The summed E-state index contributed by atoms with van der Waals surface area (Å²) in [5.41, 5.74) is 0.830. The van der Waals surface area contributed by atoms with E-state index in [2.05, 4.69) is 14.7 Å². The molecule has 0 radical (unpaired) electrons. The van der Waals surface area contributed by atoms with Gasteiger partial charge >= 0.3 is 0 Å². The molecule has 0 spiro atoms. The SMILES string of the molecule is CCNc1nc(-c2ccc(F)cc2)ns1. The summed E-state index contributed by atoms with van der Waals surface area (Å²) in [5.74, 6) is 0.386. The maximum Gasteiger partial charge on any atom is 0.202 e. The number of rotatable bonds is 3. The molecule has 0 fully saturated rings. The van der Waals surface area contributed by atoms with Crippen LogP contribution in [0.15, 0.2) is 24.3 Å². The molecule has 0 aliphatic heterocycles. The van der Waals surface area contributed by atoms with E-state index in [0.29, 0.717) is 5.82 Å². The second kappa shape index (κ2) is 4.35. The zero-order valence-corrected chi connectivity index (χ0v) is 9.01. The highest BCUT2D eigenvalue weighted by molar-refractivity contribution is 7.09. The van der Waals surface area contributed by atoms with Crippen molar-refractivity contribution in [1.29, 1.82) is 0 Å². The standard InChI is InChI=1S/C10H10FN3S/c1-2-12-10-13-9(14-15-10)7-3-5-8(11)6-4-7/h3-6H,2H2,1H3,(H,12,13,14). The number of nitrogens with zero attached hydrogens (tertiary/aromatic N) is 2. The molecule has 5 heteroatoms. The van der Waals surface area contributed by atoms with Gasteiger partial charge in [-0.25, -0.2) is 4.39 Å². The summed E-state index contributed by atoms with van der Waals surface area (Å²) in [6, 6.07) is 6.16. The molecule has 1 aromatic heterocycles. The highest BCUT2D eigenvalue weighted by atomic mass is 32.1. The van der Waals surface area contributed by atoms with Gasteiger partial charge in [-0.05, 0) is 31.2 Å². The molecule has 2 rings (SSSR count). The van der Waals surface area contributed by atoms with Gasteiger partial charge in [0.15, 0.2) is 5.82 Å². The van der Waals surface area contributed by atoms with Crippen LogP contribution in [0.1, 0.15) is 6.92 Å². The van der Waals surface area contributed by atoms with E-state index in [-0.39, 0.29) is 5.82 Å². The lowest BCUT2D eigenvalue weighted by atomic mass is 10.2. The third-order valence-corrected chi connectivity index (χ3v) is 2.53. The van der Waals surface area contributed by atoms with Crippen molar-refractivity contribution in [3.8, 4) is 11.4 Å². The molecule has 0 aliphatic carbocycles. The van der Waals surface area contributed by atoms with Crippen LogP contribution in [0.4, 0.5) is 9.52 Å². The van der Waals surface area contributed by atoms with Crippen LogP contribution in [0.25, 0.3) is 11.4 Å². The van der Waals surface area contributed by atoms with E-state index in [1.54, 1.807) is 12.1 Å². The third-order valence-electron chi connectivity index (χ3n) is 1.86. The normalized spacial score (nSPS) is 10.3. The molecule has 0 unspecified atom stereocenters. The van der Waals surface area contributed by atoms with Gasteiger partial charge in [-0.15, -0.1) is 0 Å². The molecular formula is C10H10FN3S. The van der Waals surface area contributed by atoms with Gasteiger partial charge in [0.1, 0.15) is 5.82 Å². The summed E-state index contributed by atoms with van der Waals surface area (Å²) in [5, 5.41) is 3.87. The minimum Gasteiger partial charge on any atom is -0.361 e. The Kier molecular flexibility index (Phi) is 2.91. The number of hydrogen-bond donors (Lipinski definition) is 1. The quantitative estimate of drug-likeness (QED) is 0.869. The second-order valence-corrected chi connectivity index (χ2v) is 3.71. The van der Waals surface area contributed by atoms with Gasteiger partial charge in [-0.2, -0.15) is 9.36 Å². The fourth-order valence-corrected chi connectivity index (χ4v) is 1.82. The van der Waals surface area contributed by atoms with Crippen LogP contribution in [0.2, 0.25) is 0 Å². The number of aromatic nitrogens is 2. The molecule has 1 N–H and O–H groups in total. The summed E-state index contributed by atoms with van der Waals surface area (Å²) >= 11 is 1.31. The molecule has 1 heterocycles. The number of anilines is 1. The molecule has 1 aromatic carbocycles. The molecule has 78 valence electrons. The first kappa shape index (κ1) is 10.0. The predicted octanol–water partition coefficient (Wildman–Crippen LogP) is 2.78. The van der Waals surface area contributed by atoms with Crippen LogP contribution >= 0.6 is 11.5 Å². The van der Waals surface area contributed by atoms with Crippen LogP contribution in [-0.2, 0) is 0 Å². The van der Waals surface area contributed by atoms with Crippen LogP contribution < -0.4 is 5.32 Å². The molecule has 0 atom stereocenters. The molecular weight excluding hydrogens is 213 g/mol. The van der Waals surface area contributed by atoms with Crippen molar-refractivity contribution in [2.75, 3.05) is 11.9 Å². The van der Waals surface area contributed by atoms with Crippen LogP contribution in [0, 0.1) is 5.82 Å². The lowest BCUT2D eigenvalue weighted by Gasteiger charge is -1.94. The lowest BCUT2D eigenvalue weighted by molar-refractivity contribution is 0.628. The second-order valence-electron chi connectivity index (χ2n) is 2.96. The zero-order valence-electron chi connectivity index (χ0n) is 8.20. The first-order valence-electron chi connectivity index (χ1n) is 4.63. The van der Waals surface area contributed by atoms with Crippen molar-refractivity contribution >= 4 is 16.7 Å². The van der Waals surface area contributed by atoms with Crippen molar-refractivity contribution in [3.05, 3.63) is 30.1 Å². The Morgan fingerprint density at radius 2 is 2.07 bits per heavy atom. The smallest absolute Gasteiger partial charge is 0.202 e. The molecule has 0 bridgehead atoms. The molecule has 15 heavy (non-hydrogen) atoms. The van der Waals surface area contributed by atoms with Gasteiger partial charge in [0.25, 0.3) is 0 Å². The van der Waals surface area contributed by atoms with Crippen molar-refractivity contribution in [1.82, 2.24) is 9.36 Å². The highest BCUT2D eigenvalue weighted by Gasteiger charge is 2.05.